The van der Waals surface area contributed by atoms with Crippen LogP contribution in [-0.4, -0.2) is 56.7 Å². The van der Waals surface area contributed by atoms with E-state index in [1.54, 1.807) is 4.90 Å². The van der Waals surface area contributed by atoms with Crippen molar-refractivity contribution in [3.63, 3.8) is 0 Å². The van der Waals surface area contributed by atoms with Crippen molar-refractivity contribution in [1.29, 1.82) is 5.26 Å². The van der Waals surface area contributed by atoms with Gasteiger partial charge in [0.25, 0.3) is 5.91 Å². The summed E-state index contributed by atoms with van der Waals surface area (Å²) in [5, 5.41) is 9.69. The third-order valence-corrected chi connectivity index (χ3v) is 6.71. The molecule has 32 heavy (non-hydrogen) atoms. The molecule has 7 nitrogen and oxygen atoms in total. The van der Waals surface area contributed by atoms with Gasteiger partial charge in [0.1, 0.15) is 12.6 Å². The number of nitriles is 1. The quantitative estimate of drug-likeness (QED) is 0.726. The molecule has 2 aromatic rings. The number of halogens is 3. The smallest absolute Gasteiger partial charge is 0.336 e. The number of piperazine rings is 1. The molecule has 2 saturated carbocycles. The summed E-state index contributed by atoms with van der Waals surface area (Å²) < 4.78 is 42.3. The van der Waals surface area contributed by atoms with E-state index in [4.69, 9.17) is 0 Å². The summed E-state index contributed by atoms with van der Waals surface area (Å²) in [6.07, 6.45) is 2.45. The summed E-state index contributed by atoms with van der Waals surface area (Å²) in [5.41, 5.74) is -1.51. The van der Waals surface area contributed by atoms with Gasteiger partial charge in [-0.1, -0.05) is 12.8 Å². The fraction of sp³-hybridized carbons (Fsp3) is 0.545. The molecule has 0 spiro atoms. The van der Waals surface area contributed by atoms with E-state index in [1.807, 2.05) is 6.07 Å². The number of amides is 2. The van der Waals surface area contributed by atoms with Gasteiger partial charge in [0.15, 0.2) is 17.0 Å². The maximum atomic E-state index is 13.7. The van der Waals surface area contributed by atoms with Crippen molar-refractivity contribution in [3.8, 4) is 6.07 Å². The zero-order chi connectivity index (χ0) is 22.6. The molecule has 3 fully saturated rings. The second-order valence-electron chi connectivity index (χ2n) is 8.83. The minimum absolute atomic E-state index is 0.0230. The van der Waals surface area contributed by atoms with Crippen molar-refractivity contribution in [2.45, 2.75) is 56.7 Å². The number of carbonyl (C=O) groups excluding carboxylic acids is 2. The second kappa shape index (κ2) is 7.50. The van der Waals surface area contributed by atoms with E-state index in [0.29, 0.717) is 12.1 Å². The van der Waals surface area contributed by atoms with Crippen molar-refractivity contribution >= 4 is 17.5 Å². The molecule has 0 bridgehead atoms. The molecule has 10 heteroatoms. The van der Waals surface area contributed by atoms with Crippen LogP contribution in [-0.2, 0) is 11.0 Å². The Hall–Kier alpha value is -3.09. The number of pyridine rings is 1. The molecule has 0 N–H and O–H groups in total. The molecule has 5 rings (SSSR count). The fourth-order valence-electron chi connectivity index (χ4n) is 4.88. The van der Waals surface area contributed by atoms with E-state index in [9.17, 15) is 28.0 Å². The number of imidazole rings is 1. The van der Waals surface area contributed by atoms with Crippen molar-refractivity contribution in [2.75, 3.05) is 19.6 Å². The minimum atomic E-state index is -4.67. The Morgan fingerprint density at radius 3 is 2.47 bits per heavy atom. The van der Waals surface area contributed by atoms with Gasteiger partial charge in [-0.15, -0.1) is 0 Å². The number of rotatable bonds is 3. The molecule has 1 aliphatic heterocycles. The van der Waals surface area contributed by atoms with Crippen LogP contribution in [0.3, 0.4) is 0 Å². The lowest BCUT2D eigenvalue weighted by atomic mass is 10.1. The maximum absolute atomic E-state index is 13.7. The molecule has 2 aliphatic carbocycles. The second-order valence-corrected chi connectivity index (χ2v) is 8.83. The molecular weight excluding hydrogens is 423 g/mol. The number of alkyl halides is 3. The van der Waals surface area contributed by atoms with Gasteiger partial charge in [-0.3, -0.25) is 14.0 Å². The zero-order valence-electron chi connectivity index (χ0n) is 17.4. The predicted octanol–water partition coefficient (Wildman–Crippen LogP) is 3.33. The topological polar surface area (TPSA) is 81.7 Å². The summed E-state index contributed by atoms with van der Waals surface area (Å²) in [6, 6.07) is 3.12. The molecule has 168 valence electrons. The Balaban J connectivity index is 1.49. The van der Waals surface area contributed by atoms with E-state index in [2.05, 4.69) is 4.98 Å². The van der Waals surface area contributed by atoms with E-state index in [0.717, 1.165) is 49.0 Å². The lowest BCUT2D eigenvalue weighted by molar-refractivity contribution is -0.137. The van der Waals surface area contributed by atoms with Crippen LogP contribution < -0.4 is 0 Å². The number of aromatic nitrogens is 2. The van der Waals surface area contributed by atoms with Gasteiger partial charge in [0, 0.05) is 25.3 Å². The normalized spacial score (nSPS) is 20.2. The average Bonchev–Trinajstić information content (AvgIpc) is 3.33. The van der Waals surface area contributed by atoms with Gasteiger partial charge in [0.05, 0.1) is 5.56 Å². The summed E-state index contributed by atoms with van der Waals surface area (Å²) in [5.74, 6) is -0.841. The number of nitrogens with zero attached hydrogens (tertiary/aromatic N) is 5. The number of hydrogen-bond donors (Lipinski definition) is 0. The Morgan fingerprint density at radius 1 is 1.16 bits per heavy atom. The lowest BCUT2D eigenvalue weighted by Gasteiger charge is -2.37. The van der Waals surface area contributed by atoms with Crippen LogP contribution >= 0.6 is 0 Å². The molecule has 3 heterocycles. The van der Waals surface area contributed by atoms with Gasteiger partial charge >= 0.3 is 6.18 Å². The molecule has 2 amide bonds. The van der Waals surface area contributed by atoms with Crippen molar-refractivity contribution in [3.05, 3.63) is 34.8 Å². The van der Waals surface area contributed by atoms with Gasteiger partial charge in [0.2, 0.25) is 5.91 Å². The highest BCUT2D eigenvalue weighted by molar-refractivity contribution is 5.98. The zero-order valence-corrected chi connectivity index (χ0v) is 17.4. The van der Waals surface area contributed by atoms with Gasteiger partial charge in [-0.05, 0) is 43.2 Å². The summed E-state index contributed by atoms with van der Waals surface area (Å²) in [7, 11) is 0. The van der Waals surface area contributed by atoms with Crippen LogP contribution in [0.4, 0.5) is 13.2 Å². The van der Waals surface area contributed by atoms with Crippen LogP contribution in [0.25, 0.3) is 5.65 Å². The molecule has 0 unspecified atom stereocenters. The number of fused-ring (bicyclic) bond motifs is 1. The molecule has 0 radical (unpaired) electrons. The molecule has 2 aromatic heterocycles. The van der Waals surface area contributed by atoms with Crippen LogP contribution in [0.2, 0.25) is 0 Å². The van der Waals surface area contributed by atoms with Crippen LogP contribution in [0.5, 0.6) is 0 Å². The van der Waals surface area contributed by atoms with Crippen LogP contribution in [0.1, 0.15) is 71.8 Å². The van der Waals surface area contributed by atoms with E-state index in [1.165, 1.54) is 11.1 Å². The van der Waals surface area contributed by atoms with Gasteiger partial charge < -0.3 is 9.80 Å². The van der Waals surface area contributed by atoms with Crippen LogP contribution in [0, 0.1) is 11.3 Å². The molecular formula is C22H22F3N5O2. The first-order chi connectivity index (χ1) is 15.3. The highest BCUT2D eigenvalue weighted by Gasteiger charge is 2.39. The highest BCUT2D eigenvalue weighted by Crippen LogP contribution is 2.43. The Kier molecular flexibility index (Phi) is 4.87. The third kappa shape index (κ3) is 3.49. The van der Waals surface area contributed by atoms with Gasteiger partial charge in [-0.25, -0.2) is 4.98 Å². The Morgan fingerprint density at radius 2 is 1.88 bits per heavy atom. The molecule has 0 atom stereocenters. The number of hydrogen-bond acceptors (Lipinski definition) is 4. The van der Waals surface area contributed by atoms with Crippen molar-refractivity contribution in [2.24, 2.45) is 0 Å². The van der Waals surface area contributed by atoms with Crippen LogP contribution in [0.15, 0.2) is 12.3 Å². The third-order valence-electron chi connectivity index (χ3n) is 6.71. The first-order valence-corrected chi connectivity index (χ1v) is 10.9. The van der Waals surface area contributed by atoms with E-state index in [-0.39, 0.29) is 42.3 Å². The van der Waals surface area contributed by atoms with E-state index < -0.39 is 23.3 Å². The lowest BCUT2D eigenvalue weighted by Crippen LogP contribution is -2.55. The Labute approximate surface area is 182 Å². The first-order valence-electron chi connectivity index (χ1n) is 10.9. The molecule has 3 aliphatic rings. The standard InChI is InChI=1S/C22H22F3N5O2/c23-22(24,25)16-9-14(13-5-6-13)11-30-17(10-26)19(27-20(16)30)21(32)28-7-8-29(18(31)12-28)15-3-1-2-4-15/h9,11,13,15H,1-8,12H2. The predicted molar refractivity (Wildman–Crippen MR) is 107 cm³/mol. The van der Waals surface area contributed by atoms with E-state index >= 15 is 0 Å². The summed E-state index contributed by atoms with van der Waals surface area (Å²) in [4.78, 5) is 32.9. The Bertz CT molecular complexity index is 1140. The SMILES string of the molecule is N#Cc1c(C(=O)N2CCN(C3CCCC3)C(=O)C2)nc2c(C(F)(F)F)cc(C3CC3)cn12. The molecule has 0 aromatic carbocycles. The van der Waals surface area contributed by atoms with Crippen molar-refractivity contribution in [1.82, 2.24) is 19.2 Å². The summed E-state index contributed by atoms with van der Waals surface area (Å²) in [6.45, 7) is 0.483. The molecule has 1 saturated heterocycles. The summed E-state index contributed by atoms with van der Waals surface area (Å²) >= 11 is 0. The monoisotopic (exact) mass is 445 g/mol. The minimum Gasteiger partial charge on any atom is -0.336 e. The fourth-order valence-corrected chi connectivity index (χ4v) is 4.88. The maximum Gasteiger partial charge on any atom is 0.419 e. The number of carbonyl (C=O) groups is 2. The van der Waals surface area contributed by atoms with Crippen molar-refractivity contribution < 1.29 is 22.8 Å². The highest BCUT2D eigenvalue weighted by atomic mass is 19.4. The average molecular weight is 445 g/mol. The first kappa shape index (κ1) is 20.8. The largest absolute Gasteiger partial charge is 0.419 e. The van der Waals surface area contributed by atoms with Gasteiger partial charge in [-0.2, -0.15) is 18.4 Å².